The van der Waals surface area contributed by atoms with Crippen LogP contribution in [-0.2, 0) is 14.3 Å². The van der Waals surface area contributed by atoms with E-state index in [4.69, 9.17) is 10.5 Å². The van der Waals surface area contributed by atoms with Gasteiger partial charge in [-0.3, -0.25) is 14.7 Å². The van der Waals surface area contributed by atoms with Crippen molar-refractivity contribution >= 4 is 51.2 Å². The summed E-state index contributed by atoms with van der Waals surface area (Å²) in [4.78, 5) is 36.0. The Labute approximate surface area is 184 Å². The number of para-hydroxylation sites is 1. The van der Waals surface area contributed by atoms with Crippen LogP contribution in [0.4, 0.5) is 5.69 Å². The summed E-state index contributed by atoms with van der Waals surface area (Å²) in [7, 11) is 0. The summed E-state index contributed by atoms with van der Waals surface area (Å²) in [6.07, 6.45) is 0. The standard InChI is InChI=1S/C20H17BrN4O4S/c21-13-7-5-12(6-8-13)15-9-16(25-24-15)20(28)29-10-19(27)23-14-3-1-2-4-17(14)30-11-18(22)26/h1-9H,10-11H2,(H2,22,26)(H,23,27)(H,24,25). The minimum atomic E-state index is -0.697. The van der Waals surface area contributed by atoms with Crippen molar-refractivity contribution in [3.8, 4) is 11.3 Å². The van der Waals surface area contributed by atoms with E-state index in [1.54, 1.807) is 30.3 Å². The van der Waals surface area contributed by atoms with Crippen LogP contribution < -0.4 is 11.1 Å². The number of nitrogens with one attached hydrogen (secondary N) is 2. The molecule has 0 spiro atoms. The molecule has 0 saturated carbocycles. The molecule has 2 aromatic carbocycles. The normalized spacial score (nSPS) is 10.4. The first-order valence-corrected chi connectivity index (χ1v) is 10.5. The van der Waals surface area contributed by atoms with Crippen LogP contribution in [0.5, 0.6) is 0 Å². The second-order valence-electron chi connectivity index (χ2n) is 6.05. The molecule has 0 fully saturated rings. The summed E-state index contributed by atoms with van der Waals surface area (Å²) in [5.74, 6) is -1.58. The Morgan fingerprint density at radius 2 is 1.87 bits per heavy atom. The number of aromatic amines is 1. The van der Waals surface area contributed by atoms with Crippen molar-refractivity contribution < 1.29 is 19.1 Å². The van der Waals surface area contributed by atoms with Crippen LogP contribution in [0.15, 0.2) is 64.0 Å². The number of H-pyrrole nitrogens is 1. The zero-order valence-corrected chi connectivity index (χ0v) is 18.0. The van der Waals surface area contributed by atoms with E-state index in [2.05, 4.69) is 31.4 Å². The number of esters is 1. The number of hydrogen-bond acceptors (Lipinski definition) is 6. The smallest absolute Gasteiger partial charge is 0.356 e. The number of halogens is 1. The van der Waals surface area contributed by atoms with E-state index < -0.39 is 24.4 Å². The van der Waals surface area contributed by atoms with E-state index in [0.717, 1.165) is 10.0 Å². The molecular weight excluding hydrogens is 472 g/mol. The van der Waals surface area contributed by atoms with E-state index >= 15 is 0 Å². The van der Waals surface area contributed by atoms with Crippen LogP contribution in [0, 0.1) is 0 Å². The molecule has 1 aromatic heterocycles. The molecule has 0 aliphatic heterocycles. The van der Waals surface area contributed by atoms with Gasteiger partial charge in [-0.05, 0) is 30.3 Å². The van der Waals surface area contributed by atoms with Gasteiger partial charge in [0.15, 0.2) is 6.61 Å². The minimum Gasteiger partial charge on any atom is -0.451 e. The molecule has 30 heavy (non-hydrogen) atoms. The van der Waals surface area contributed by atoms with Crippen molar-refractivity contribution in [1.29, 1.82) is 0 Å². The average Bonchev–Trinajstić information content (AvgIpc) is 3.22. The Morgan fingerprint density at radius 3 is 2.60 bits per heavy atom. The van der Waals surface area contributed by atoms with Crippen molar-refractivity contribution in [3.05, 3.63) is 64.8 Å². The van der Waals surface area contributed by atoms with Crippen LogP contribution >= 0.6 is 27.7 Å². The maximum Gasteiger partial charge on any atom is 0.356 e. The zero-order chi connectivity index (χ0) is 21.5. The Bertz CT molecular complexity index is 1070. The molecule has 0 saturated heterocycles. The first-order chi connectivity index (χ1) is 14.4. The van der Waals surface area contributed by atoms with Crippen molar-refractivity contribution in [1.82, 2.24) is 10.2 Å². The Balaban J connectivity index is 1.56. The van der Waals surface area contributed by atoms with Gasteiger partial charge in [-0.2, -0.15) is 5.10 Å². The highest BCUT2D eigenvalue weighted by Crippen LogP contribution is 2.26. The first-order valence-electron chi connectivity index (χ1n) is 8.71. The number of ether oxygens (including phenoxy) is 1. The molecule has 4 N–H and O–H groups in total. The highest BCUT2D eigenvalue weighted by molar-refractivity contribution is 9.10. The fraction of sp³-hybridized carbons (Fsp3) is 0.100. The lowest BCUT2D eigenvalue weighted by atomic mass is 10.1. The molecule has 0 aliphatic carbocycles. The van der Waals surface area contributed by atoms with E-state index in [1.807, 2.05) is 24.3 Å². The molecule has 2 amide bonds. The topological polar surface area (TPSA) is 127 Å². The molecule has 3 rings (SSSR count). The van der Waals surface area contributed by atoms with Gasteiger partial charge in [0.05, 0.1) is 17.1 Å². The summed E-state index contributed by atoms with van der Waals surface area (Å²) in [6, 6.07) is 16.0. The molecule has 0 atom stereocenters. The van der Waals surface area contributed by atoms with Crippen molar-refractivity contribution in [2.75, 3.05) is 17.7 Å². The molecule has 0 aliphatic rings. The van der Waals surface area contributed by atoms with E-state index in [-0.39, 0.29) is 11.4 Å². The lowest BCUT2D eigenvalue weighted by Crippen LogP contribution is -2.21. The van der Waals surface area contributed by atoms with Crippen LogP contribution in [0.1, 0.15) is 10.5 Å². The number of benzene rings is 2. The molecular formula is C20H17BrN4O4S. The third kappa shape index (κ3) is 5.94. The van der Waals surface area contributed by atoms with E-state index in [9.17, 15) is 14.4 Å². The van der Waals surface area contributed by atoms with Gasteiger partial charge in [0.25, 0.3) is 5.91 Å². The predicted octanol–water partition coefficient (Wildman–Crippen LogP) is 3.21. The van der Waals surface area contributed by atoms with Crippen molar-refractivity contribution in [2.24, 2.45) is 5.73 Å². The number of carbonyl (C=O) groups excluding carboxylic acids is 3. The lowest BCUT2D eigenvalue weighted by molar-refractivity contribution is -0.119. The largest absolute Gasteiger partial charge is 0.451 e. The Morgan fingerprint density at radius 1 is 1.13 bits per heavy atom. The number of amides is 2. The maximum atomic E-state index is 12.2. The summed E-state index contributed by atoms with van der Waals surface area (Å²) in [5.41, 5.74) is 7.21. The number of carbonyl (C=O) groups is 3. The fourth-order valence-electron chi connectivity index (χ4n) is 2.43. The SMILES string of the molecule is NC(=O)CSc1ccccc1NC(=O)COC(=O)c1cc(-c2ccc(Br)cc2)n[nH]1. The van der Waals surface area contributed by atoms with Gasteiger partial charge in [0.1, 0.15) is 5.69 Å². The van der Waals surface area contributed by atoms with Gasteiger partial charge in [-0.25, -0.2) is 4.79 Å². The van der Waals surface area contributed by atoms with Crippen LogP contribution in [-0.4, -0.2) is 40.3 Å². The highest BCUT2D eigenvalue weighted by Gasteiger charge is 2.15. The Hall–Kier alpha value is -3.11. The first kappa shape index (κ1) is 21.6. The number of nitrogens with two attached hydrogens (primary N) is 1. The monoisotopic (exact) mass is 488 g/mol. The molecule has 0 unspecified atom stereocenters. The van der Waals surface area contributed by atoms with Crippen LogP contribution in [0.25, 0.3) is 11.3 Å². The average molecular weight is 489 g/mol. The number of hydrogen-bond donors (Lipinski definition) is 3. The van der Waals surface area contributed by atoms with Gasteiger partial charge in [-0.1, -0.05) is 40.2 Å². The third-order valence-electron chi connectivity index (χ3n) is 3.80. The highest BCUT2D eigenvalue weighted by atomic mass is 79.9. The maximum absolute atomic E-state index is 12.2. The number of rotatable bonds is 8. The van der Waals surface area contributed by atoms with Gasteiger partial charge in [0, 0.05) is 14.9 Å². The van der Waals surface area contributed by atoms with Crippen LogP contribution in [0.2, 0.25) is 0 Å². The van der Waals surface area contributed by atoms with Crippen LogP contribution in [0.3, 0.4) is 0 Å². The number of nitrogens with zero attached hydrogens (tertiary/aromatic N) is 1. The predicted molar refractivity (Wildman–Crippen MR) is 117 cm³/mol. The van der Waals surface area contributed by atoms with Gasteiger partial charge < -0.3 is 15.8 Å². The second kappa shape index (κ2) is 10.1. The van der Waals surface area contributed by atoms with Gasteiger partial charge in [-0.15, -0.1) is 11.8 Å². The molecule has 1 heterocycles. The van der Waals surface area contributed by atoms with Crippen molar-refractivity contribution in [3.63, 3.8) is 0 Å². The molecule has 154 valence electrons. The van der Waals surface area contributed by atoms with E-state index in [1.165, 1.54) is 11.8 Å². The van der Waals surface area contributed by atoms with E-state index in [0.29, 0.717) is 16.3 Å². The molecule has 0 bridgehead atoms. The quantitative estimate of drug-likeness (QED) is 0.330. The van der Waals surface area contributed by atoms with Gasteiger partial charge in [0.2, 0.25) is 5.91 Å². The number of primary amides is 1. The number of thioether (sulfide) groups is 1. The fourth-order valence-corrected chi connectivity index (χ4v) is 3.45. The molecule has 10 heteroatoms. The van der Waals surface area contributed by atoms with Crippen molar-refractivity contribution in [2.45, 2.75) is 4.90 Å². The summed E-state index contributed by atoms with van der Waals surface area (Å²) in [6.45, 7) is -0.472. The second-order valence-corrected chi connectivity index (χ2v) is 7.98. The number of aromatic nitrogens is 2. The minimum absolute atomic E-state index is 0.0857. The zero-order valence-electron chi connectivity index (χ0n) is 15.6. The summed E-state index contributed by atoms with van der Waals surface area (Å²) < 4.78 is 5.99. The lowest BCUT2D eigenvalue weighted by Gasteiger charge is -2.10. The summed E-state index contributed by atoms with van der Waals surface area (Å²) >= 11 is 4.57. The third-order valence-corrected chi connectivity index (χ3v) is 5.43. The van der Waals surface area contributed by atoms with Gasteiger partial charge >= 0.3 is 5.97 Å². The number of anilines is 1. The molecule has 8 nitrogen and oxygen atoms in total. The molecule has 0 radical (unpaired) electrons. The molecule has 3 aromatic rings. The summed E-state index contributed by atoms with van der Waals surface area (Å²) in [5, 5.41) is 9.37. The Kier molecular flexibility index (Phi) is 7.26.